The van der Waals surface area contributed by atoms with Crippen LogP contribution in [-0.2, 0) is 11.3 Å². The molecule has 1 heterocycles. The van der Waals surface area contributed by atoms with Crippen molar-refractivity contribution in [3.05, 3.63) is 16.1 Å². The molecule has 0 fully saturated rings. The fraction of sp³-hybridized carbons (Fsp3) is 0.600. The van der Waals surface area contributed by atoms with Crippen LogP contribution >= 0.6 is 22.9 Å². The van der Waals surface area contributed by atoms with Gasteiger partial charge in [0.15, 0.2) is 0 Å². The first-order chi connectivity index (χ1) is 7.04. The fourth-order valence-electron chi connectivity index (χ4n) is 1.09. The molecule has 0 aliphatic heterocycles. The summed E-state index contributed by atoms with van der Waals surface area (Å²) in [5.41, 5.74) is 0.935. The molecule has 0 atom stereocenters. The number of aromatic nitrogens is 1. The molecule has 3 nitrogen and oxygen atoms in total. The van der Waals surface area contributed by atoms with Gasteiger partial charge in [-0.1, -0.05) is 13.8 Å². The molecule has 0 aliphatic carbocycles. The second-order valence-electron chi connectivity index (χ2n) is 3.72. The van der Waals surface area contributed by atoms with Crippen LogP contribution in [0.5, 0.6) is 0 Å². The normalized spacial score (nSPS) is 10.7. The SMILES string of the molecule is CC(C)c1nc(CN(C)C(=O)CCl)cs1. The Morgan fingerprint density at radius 3 is 2.80 bits per heavy atom. The van der Waals surface area contributed by atoms with Crippen LogP contribution in [-0.4, -0.2) is 28.7 Å². The number of amides is 1. The van der Waals surface area contributed by atoms with Gasteiger partial charge in [-0.15, -0.1) is 22.9 Å². The average Bonchev–Trinajstić information content (AvgIpc) is 2.65. The zero-order chi connectivity index (χ0) is 11.4. The summed E-state index contributed by atoms with van der Waals surface area (Å²) in [6.07, 6.45) is 0. The Hall–Kier alpha value is -0.610. The predicted molar refractivity (Wildman–Crippen MR) is 63.4 cm³/mol. The molecule has 1 aromatic rings. The van der Waals surface area contributed by atoms with Crippen molar-refractivity contribution in [2.24, 2.45) is 0 Å². The van der Waals surface area contributed by atoms with Crippen LogP contribution in [0.1, 0.15) is 30.5 Å². The molecule has 0 bridgehead atoms. The maximum atomic E-state index is 11.2. The van der Waals surface area contributed by atoms with E-state index in [0.717, 1.165) is 10.7 Å². The van der Waals surface area contributed by atoms with Crippen molar-refractivity contribution in [2.45, 2.75) is 26.3 Å². The number of carbonyl (C=O) groups is 1. The van der Waals surface area contributed by atoms with E-state index in [-0.39, 0.29) is 11.8 Å². The quantitative estimate of drug-likeness (QED) is 0.765. The second-order valence-corrected chi connectivity index (χ2v) is 4.87. The van der Waals surface area contributed by atoms with E-state index >= 15 is 0 Å². The summed E-state index contributed by atoms with van der Waals surface area (Å²) < 4.78 is 0. The lowest BCUT2D eigenvalue weighted by Gasteiger charge is -2.13. The van der Waals surface area contributed by atoms with Crippen molar-refractivity contribution >= 4 is 28.8 Å². The van der Waals surface area contributed by atoms with E-state index in [1.54, 1.807) is 23.3 Å². The number of halogens is 1. The van der Waals surface area contributed by atoms with Crippen molar-refractivity contribution in [1.82, 2.24) is 9.88 Å². The number of thiazole rings is 1. The molecular formula is C10H15ClN2OS. The van der Waals surface area contributed by atoms with E-state index in [2.05, 4.69) is 18.8 Å². The van der Waals surface area contributed by atoms with Gasteiger partial charge in [-0.25, -0.2) is 4.98 Å². The summed E-state index contributed by atoms with van der Waals surface area (Å²) >= 11 is 7.10. The minimum absolute atomic E-state index is 0.0255. The standard InChI is InChI=1S/C10H15ClN2OS/c1-7(2)10-12-8(6-15-10)5-13(3)9(14)4-11/h6-7H,4-5H2,1-3H3. The molecule has 0 radical (unpaired) electrons. The van der Waals surface area contributed by atoms with Crippen molar-refractivity contribution in [1.29, 1.82) is 0 Å². The number of hydrogen-bond acceptors (Lipinski definition) is 3. The van der Waals surface area contributed by atoms with Crippen LogP contribution in [0.4, 0.5) is 0 Å². The van der Waals surface area contributed by atoms with Gasteiger partial charge in [0.2, 0.25) is 5.91 Å². The number of hydrogen-bond donors (Lipinski definition) is 0. The molecule has 0 aromatic carbocycles. The molecule has 0 unspecified atom stereocenters. The van der Waals surface area contributed by atoms with Gasteiger partial charge in [0.05, 0.1) is 17.2 Å². The third-order valence-electron chi connectivity index (χ3n) is 2.00. The first-order valence-electron chi connectivity index (χ1n) is 4.78. The van der Waals surface area contributed by atoms with Gasteiger partial charge >= 0.3 is 0 Å². The van der Waals surface area contributed by atoms with E-state index in [4.69, 9.17) is 11.6 Å². The zero-order valence-electron chi connectivity index (χ0n) is 9.16. The summed E-state index contributed by atoms with van der Waals surface area (Å²) in [5.74, 6) is 0.394. The molecule has 0 N–H and O–H groups in total. The first kappa shape index (κ1) is 12.5. The minimum atomic E-state index is -0.0734. The largest absolute Gasteiger partial charge is 0.339 e. The summed E-state index contributed by atoms with van der Waals surface area (Å²) in [7, 11) is 1.74. The minimum Gasteiger partial charge on any atom is -0.339 e. The van der Waals surface area contributed by atoms with E-state index in [1.165, 1.54) is 0 Å². The van der Waals surface area contributed by atoms with Gasteiger partial charge < -0.3 is 4.90 Å². The van der Waals surface area contributed by atoms with Crippen molar-refractivity contribution in [2.75, 3.05) is 12.9 Å². The molecule has 1 amide bonds. The number of alkyl halides is 1. The molecule has 0 saturated heterocycles. The van der Waals surface area contributed by atoms with E-state index in [0.29, 0.717) is 12.5 Å². The molecule has 1 aromatic heterocycles. The summed E-state index contributed by atoms with van der Waals surface area (Å²) in [6.45, 7) is 4.75. The van der Waals surface area contributed by atoms with E-state index in [1.807, 2.05) is 5.38 Å². The predicted octanol–water partition coefficient (Wildman–Crippen LogP) is 2.46. The smallest absolute Gasteiger partial charge is 0.237 e. The topological polar surface area (TPSA) is 33.2 Å². The van der Waals surface area contributed by atoms with Gasteiger partial charge in [-0.3, -0.25) is 4.79 Å². The number of rotatable bonds is 4. The van der Waals surface area contributed by atoms with Crippen LogP contribution < -0.4 is 0 Å². The number of nitrogens with zero attached hydrogens (tertiary/aromatic N) is 2. The monoisotopic (exact) mass is 246 g/mol. The fourth-order valence-corrected chi connectivity index (χ4v) is 2.12. The van der Waals surface area contributed by atoms with Gasteiger partial charge in [-0.05, 0) is 0 Å². The molecule has 0 aliphatic rings. The summed E-state index contributed by atoms with van der Waals surface area (Å²) in [5, 5.41) is 3.10. The Balaban J connectivity index is 2.61. The highest BCUT2D eigenvalue weighted by Gasteiger charge is 2.11. The second kappa shape index (κ2) is 5.47. The summed E-state index contributed by atoms with van der Waals surface area (Å²) in [6, 6.07) is 0. The lowest BCUT2D eigenvalue weighted by atomic mass is 10.2. The first-order valence-corrected chi connectivity index (χ1v) is 6.20. The van der Waals surface area contributed by atoms with Gasteiger partial charge in [0, 0.05) is 18.3 Å². The van der Waals surface area contributed by atoms with E-state index in [9.17, 15) is 4.79 Å². The van der Waals surface area contributed by atoms with Crippen molar-refractivity contribution < 1.29 is 4.79 Å². The van der Waals surface area contributed by atoms with Crippen LogP contribution in [0.25, 0.3) is 0 Å². The third kappa shape index (κ3) is 3.47. The molecular weight excluding hydrogens is 232 g/mol. The van der Waals surface area contributed by atoms with Crippen LogP contribution in [0.2, 0.25) is 0 Å². The Morgan fingerprint density at radius 2 is 2.33 bits per heavy atom. The highest BCUT2D eigenvalue weighted by atomic mass is 35.5. The Morgan fingerprint density at radius 1 is 1.67 bits per heavy atom. The highest BCUT2D eigenvalue weighted by molar-refractivity contribution is 7.09. The van der Waals surface area contributed by atoms with Gasteiger partial charge in [0.1, 0.15) is 5.88 Å². The van der Waals surface area contributed by atoms with Crippen molar-refractivity contribution in [3.63, 3.8) is 0 Å². The maximum absolute atomic E-state index is 11.2. The highest BCUT2D eigenvalue weighted by Crippen LogP contribution is 2.19. The van der Waals surface area contributed by atoms with Gasteiger partial charge in [-0.2, -0.15) is 0 Å². The lowest BCUT2D eigenvalue weighted by Crippen LogP contribution is -2.27. The van der Waals surface area contributed by atoms with Gasteiger partial charge in [0.25, 0.3) is 0 Å². The Bertz CT molecular complexity index is 338. The molecule has 0 saturated carbocycles. The number of carbonyl (C=O) groups excluding carboxylic acids is 1. The maximum Gasteiger partial charge on any atom is 0.237 e. The molecule has 0 spiro atoms. The van der Waals surface area contributed by atoms with Crippen LogP contribution in [0.3, 0.4) is 0 Å². The van der Waals surface area contributed by atoms with E-state index < -0.39 is 0 Å². The van der Waals surface area contributed by atoms with Crippen LogP contribution in [0, 0.1) is 0 Å². The Labute approximate surface area is 99.1 Å². The average molecular weight is 247 g/mol. The third-order valence-corrected chi connectivity index (χ3v) is 3.43. The van der Waals surface area contributed by atoms with Crippen LogP contribution in [0.15, 0.2) is 5.38 Å². The zero-order valence-corrected chi connectivity index (χ0v) is 10.7. The molecule has 15 heavy (non-hydrogen) atoms. The molecule has 5 heteroatoms. The Kier molecular flexibility index (Phi) is 4.54. The molecule has 1 rings (SSSR count). The lowest BCUT2D eigenvalue weighted by molar-refractivity contribution is -0.127. The van der Waals surface area contributed by atoms with Crippen molar-refractivity contribution in [3.8, 4) is 0 Å². The summed E-state index contributed by atoms with van der Waals surface area (Å²) in [4.78, 5) is 17.3. The molecule has 84 valence electrons.